The molecule has 20 heavy (non-hydrogen) atoms. The lowest BCUT2D eigenvalue weighted by Crippen LogP contribution is -2.35. The Morgan fingerprint density at radius 3 is 2.60 bits per heavy atom. The van der Waals surface area contributed by atoms with Crippen LogP contribution in [-0.2, 0) is 11.3 Å². The van der Waals surface area contributed by atoms with Crippen LogP contribution in [0.2, 0.25) is 0 Å². The average Bonchev–Trinajstić information content (AvgIpc) is 2.35. The molecule has 0 aliphatic rings. The molecule has 0 aliphatic heterocycles. The summed E-state index contributed by atoms with van der Waals surface area (Å²) in [5, 5.41) is 3.50. The van der Waals surface area contributed by atoms with Crippen molar-refractivity contribution < 1.29 is 9.47 Å². The maximum absolute atomic E-state index is 6.03. The molecule has 1 rings (SSSR count). The molecule has 1 unspecified atom stereocenters. The van der Waals surface area contributed by atoms with Crippen LogP contribution in [0.3, 0.4) is 0 Å². The van der Waals surface area contributed by atoms with Crippen molar-refractivity contribution in [2.75, 3.05) is 13.7 Å². The molecular weight excluding hydrogens is 318 g/mol. The summed E-state index contributed by atoms with van der Waals surface area (Å²) in [4.78, 5) is 0. The van der Waals surface area contributed by atoms with Crippen molar-refractivity contribution in [2.24, 2.45) is 0 Å². The molecule has 114 valence electrons. The summed E-state index contributed by atoms with van der Waals surface area (Å²) >= 11 is 3.52. The Labute approximate surface area is 131 Å². The molecule has 1 N–H and O–H groups in total. The van der Waals surface area contributed by atoms with Crippen LogP contribution in [0.4, 0.5) is 0 Å². The topological polar surface area (TPSA) is 30.5 Å². The maximum atomic E-state index is 6.03. The van der Waals surface area contributed by atoms with Crippen molar-refractivity contribution >= 4 is 15.9 Å². The van der Waals surface area contributed by atoms with Crippen molar-refractivity contribution in [3.63, 3.8) is 0 Å². The highest BCUT2D eigenvalue weighted by molar-refractivity contribution is 9.10. The highest BCUT2D eigenvalue weighted by atomic mass is 79.9. The Hall–Kier alpha value is -0.580. The number of methoxy groups -OCH3 is 1. The minimum absolute atomic E-state index is 0.0846. The summed E-state index contributed by atoms with van der Waals surface area (Å²) in [5.74, 6) is 0.938. The van der Waals surface area contributed by atoms with Crippen molar-refractivity contribution in [2.45, 2.75) is 52.3 Å². The number of benzene rings is 1. The lowest BCUT2D eigenvalue weighted by molar-refractivity contribution is 0.134. The van der Waals surface area contributed by atoms with Crippen molar-refractivity contribution in [3.8, 4) is 5.75 Å². The van der Waals surface area contributed by atoms with E-state index in [0.29, 0.717) is 6.61 Å². The van der Waals surface area contributed by atoms with Crippen LogP contribution < -0.4 is 10.1 Å². The largest absolute Gasteiger partial charge is 0.490 e. The third-order valence-corrected chi connectivity index (χ3v) is 3.38. The van der Waals surface area contributed by atoms with Gasteiger partial charge in [-0.25, -0.2) is 0 Å². The molecule has 0 saturated carbocycles. The van der Waals surface area contributed by atoms with Gasteiger partial charge in [-0.3, -0.25) is 0 Å². The molecule has 0 radical (unpaired) electrons. The second-order valence-corrected chi connectivity index (χ2v) is 6.98. The molecule has 0 bridgehead atoms. The highest BCUT2D eigenvalue weighted by Crippen LogP contribution is 2.25. The summed E-state index contributed by atoms with van der Waals surface area (Å²) in [6, 6.07) is 6.14. The van der Waals surface area contributed by atoms with Crippen molar-refractivity contribution in [1.82, 2.24) is 5.32 Å². The molecule has 0 heterocycles. The van der Waals surface area contributed by atoms with Crippen molar-refractivity contribution in [3.05, 3.63) is 28.2 Å². The zero-order chi connectivity index (χ0) is 15.2. The summed E-state index contributed by atoms with van der Waals surface area (Å²) in [7, 11) is 1.71. The van der Waals surface area contributed by atoms with Gasteiger partial charge in [-0.15, -0.1) is 0 Å². The molecule has 3 nitrogen and oxygen atoms in total. The van der Waals surface area contributed by atoms with Gasteiger partial charge in [0.05, 0.1) is 6.10 Å². The third-order valence-electron chi connectivity index (χ3n) is 2.89. The molecular formula is C16H26BrNO2. The minimum Gasteiger partial charge on any atom is -0.490 e. The number of hydrogen-bond acceptors (Lipinski definition) is 3. The summed E-state index contributed by atoms with van der Waals surface area (Å²) < 4.78 is 12.2. The maximum Gasteiger partial charge on any atom is 0.124 e. The van der Waals surface area contributed by atoms with Crippen LogP contribution in [0, 0.1) is 0 Å². The second kappa shape index (κ2) is 8.01. The van der Waals surface area contributed by atoms with Crippen LogP contribution in [0.15, 0.2) is 22.7 Å². The van der Waals surface area contributed by atoms with E-state index in [2.05, 4.69) is 55.0 Å². The Balaban J connectivity index is 2.74. The van der Waals surface area contributed by atoms with Gasteiger partial charge in [0.25, 0.3) is 0 Å². The van der Waals surface area contributed by atoms with E-state index in [4.69, 9.17) is 9.47 Å². The van der Waals surface area contributed by atoms with E-state index in [-0.39, 0.29) is 11.6 Å². The number of rotatable bonds is 7. The standard InChI is InChI=1S/C16H26BrNO2/c1-12(8-9-19-5)20-15-7-6-14(17)10-13(15)11-18-16(2,3)4/h6-7,10,12,18H,8-9,11H2,1-5H3. The highest BCUT2D eigenvalue weighted by Gasteiger charge is 2.13. The van der Waals surface area contributed by atoms with Crippen LogP contribution >= 0.6 is 15.9 Å². The van der Waals surface area contributed by atoms with Gasteiger partial charge in [-0.05, 0) is 45.9 Å². The van der Waals surface area contributed by atoms with E-state index < -0.39 is 0 Å². The van der Waals surface area contributed by atoms with E-state index >= 15 is 0 Å². The van der Waals surface area contributed by atoms with E-state index in [1.165, 1.54) is 5.56 Å². The summed E-state index contributed by atoms with van der Waals surface area (Å²) in [6.45, 7) is 10.1. The van der Waals surface area contributed by atoms with E-state index in [1.54, 1.807) is 7.11 Å². The smallest absolute Gasteiger partial charge is 0.124 e. The molecule has 1 aromatic rings. The molecule has 0 amide bonds. The van der Waals surface area contributed by atoms with E-state index in [0.717, 1.165) is 23.2 Å². The predicted octanol–water partition coefficient (Wildman–Crippen LogP) is 4.14. The zero-order valence-electron chi connectivity index (χ0n) is 13.1. The first-order valence-corrected chi connectivity index (χ1v) is 7.80. The SMILES string of the molecule is COCCC(C)Oc1ccc(Br)cc1CNC(C)(C)C. The van der Waals surface area contributed by atoms with Gasteiger partial charge >= 0.3 is 0 Å². The number of hydrogen-bond donors (Lipinski definition) is 1. The quantitative estimate of drug-likeness (QED) is 0.806. The van der Waals surface area contributed by atoms with Gasteiger partial charge in [-0.2, -0.15) is 0 Å². The Kier molecular flexibility index (Phi) is 7.00. The first-order valence-electron chi connectivity index (χ1n) is 7.01. The van der Waals surface area contributed by atoms with Crippen LogP contribution in [0.5, 0.6) is 5.75 Å². The fraction of sp³-hybridized carbons (Fsp3) is 0.625. The average molecular weight is 344 g/mol. The molecule has 0 aliphatic carbocycles. The van der Waals surface area contributed by atoms with Gasteiger partial charge < -0.3 is 14.8 Å². The fourth-order valence-electron chi connectivity index (χ4n) is 1.72. The molecule has 0 spiro atoms. The van der Waals surface area contributed by atoms with E-state index in [1.807, 2.05) is 12.1 Å². The van der Waals surface area contributed by atoms with Gasteiger partial charge in [-0.1, -0.05) is 15.9 Å². The Morgan fingerprint density at radius 2 is 2.00 bits per heavy atom. The first-order chi connectivity index (χ1) is 9.31. The molecule has 1 aromatic carbocycles. The lowest BCUT2D eigenvalue weighted by atomic mass is 10.1. The van der Waals surface area contributed by atoms with Gasteiger partial charge in [0.2, 0.25) is 0 Å². The number of nitrogens with one attached hydrogen (secondary N) is 1. The number of ether oxygens (including phenoxy) is 2. The van der Waals surface area contributed by atoms with Crippen LogP contribution in [0.1, 0.15) is 39.7 Å². The van der Waals surface area contributed by atoms with Crippen molar-refractivity contribution in [1.29, 1.82) is 0 Å². The second-order valence-electron chi connectivity index (χ2n) is 6.07. The van der Waals surface area contributed by atoms with Crippen LogP contribution in [0.25, 0.3) is 0 Å². The normalized spacial score (nSPS) is 13.3. The Bertz CT molecular complexity index is 415. The van der Waals surface area contributed by atoms with Gasteiger partial charge in [0.15, 0.2) is 0 Å². The van der Waals surface area contributed by atoms with Gasteiger partial charge in [0.1, 0.15) is 5.75 Å². The molecule has 1 atom stereocenters. The first kappa shape index (κ1) is 17.5. The molecule has 0 aromatic heterocycles. The predicted molar refractivity (Wildman–Crippen MR) is 87.3 cm³/mol. The zero-order valence-corrected chi connectivity index (χ0v) is 14.7. The van der Waals surface area contributed by atoms with Gasteiger partial charge in [0, 0.05) is 42.3 Å². The number of halogens is 1. The molecule has 4 heteroatoms. The molecule has 0 fully saturated rings. The minimum atomic E-state index is 0.0846. The Morgan fingerprint density at radius 1 is 1.30 bits per heavy atom. The summed E-state index contributed by atoms with van der Waals surface area (Å²) in [5.41, 5.74) is 1.25. The lowest BCUT2D eigenvalue weighted by Gasteiger charge is -2.23. The molecule has 0 saturated heterocycles. The monoisotopic (exact) mass is 343 g/mol. The van der Waals surface area contributed by atoms with E-state index in [9.17, 15) is 0 Å². The fourth-order valence-corrected chi connectivity index (χ4v) is 2.13. The summed E-state index contributed by atoms with van der Waals surface area (Å²) in [6.07, 6.45) is 1.03. The van der Waals surface area contributed by atoms with Crippen LogP contribution in [-0.4, -0.2) is 25.4 Å². The third kappa shape index (κ3) is 6.73.